The summed E-state index contributed by atoms with van der Waals surface area (Å²) in [7, 11) is 2.05. The third-order valence-corrected chi connectivity index (χ3v) is 3.17. The van der Waals surface area contributed by atoms with Gasteiger partial charge in [-0.05, 0) is 25.3 Å². The highest BCUT2D eigenvalue weighted by Gasteiger charge is 1.98. The molecule has 0 aliphatic carbocycles. The zero-order valence-corrected chi connectivity index (χ0v) is 10.6. The van der Waals surface area contributed by atoms with E-state index in [1.165, 1.54) is 30.2 Å². The molecule has 0 unspecified atom stereocenters. The maximum Gasteiger partial charge on any atom is 0.171 e. The Hall–Kier alpha value is -1.03. The minimum absolute atomic E-state index is 0.232. The van der Waals surface area contributed by atoms with E-state index in [0.717, 1.165) is 18.6 Å². The van der Waals surface area contributed by atoms with Crippen molar-refractivity contribution in [1.82, 2.24) is 0 Å². The number of nitrogens with one attached hydrogen (secondary N) is 1. The predicted molar refractivity (Wildman–Crippen MR) is 69.5 cm³/mol. The van der Waals surface area contributed by atoms with E-state index in [-0.39, 0.29) is 5.17 Å². The topological polar surface area (TPSA) is 53.8 Å². The van der Waals surface area contributed by atoms with Crippen LogP contribution in [0.15, 0.2) is 24.5 Å². The second-order valence-electron chi connectivity index (χ2n) is 3.90. The summed E-state index contributed by atoms with van der Waals surface area (Å²) in [5, 5.41) is 7.30. The van der Waals surface area contributed by atoms with Crippen LogP contribution in [0, 0.1) is 5.41 Å². The van der Waals surface area contributed by atoms with Crippen LogP contribution < -0.4 is 10.3 Å². The molecule has 1 rings (SSSR count). The van der Waals surface area contributed by atoms with Crippen LogP contribution in [0.25, 0.3) is 0 Å². The zero-order chi connectivity index (χ0) is 11.8. The molecule has 0 amide bonds. The molecule has 0 radical (unpaired) electrons. The van der Waals surface area contributed by atoms with Crippen molar-refractivity contribution in [3.8, 4) is 0 Å². The summed E-state index contributed by atoms with van der Waals surface area (Å²) < 4.78 is 2.08. The maximum atomic E-state index is 7.07. The van der Waals surface area contributed by atoms with E-state index >= 15 is 0 Å². The zero-order valence-electron chi connectivity index (χ0n) is 9.78. The third-order valence-electron chi connectivity index (χ3n) is 2.37. The van der Waals surface area contributed by atoms with E-state index in [1.54, 1.807) is 0 Å². The van der Waals surface area contributed by atoms with Gasteiger partial charge < -0.3 is 5.73 Å². The van der Waals surface area contributed by atoms with Crippen LogP contribution in [-0.4, -0.2) is 10.9 Å². The van der Waals surface area contributed by atoms with Gasteiger partial charge in [0.15, 0.2) is 17.6 Å². The Kier molecular flexibility index (Phi) is 5.93. The van der Waals surface area contributed by atoms with Crippen LogP contribution in [-0.2, 0) is 13.5 Å². The SMILES string of the molecule is C[n+]1cccc(CCCCCSC(=N)N)c1. The van der Waals surface area contributed by atoms with Gasteiger partial charge in [-0.3, -0.25) is 5.41 Å². The van der Waals surface area contributed by atoms with E-state index < -0.39 is 0 Å². The van der Waals surface area contributed by atoms with Gasteiger partial charge >= 0.3 is 0 Å². The Bertz CT molecular complexity index is 339. The van der Waals surface area contributed by atoms with Crippen LogP contribution in [0.2, 0.25) is 0 Å². The number of nitrogens with zero attached hydrogens (tertiary/aromatic N) is 1. The summed E-state index contributed by atoms with van der Waals surface area (Å²) in [6.45, 7) is 0. The molecule has 88 valence electrons. The highest BCUT2D eigenvalue weighted by molar-refractivity contribution is 8.13. The molecule has 1 aromatic heterocycles. The number of aryl methyl sites for hydroxylation is 2. The van der Waals surface area contributed by atoms with Gasteiger partial charge in [0.2, 0.25) is 0 Å². The normalized spacial score (nSPS) is 10.3. The average Bonchev–Trinajstić information content (AvgIpc) is 2.23. The molecule has 0 spiro atoms. The van der Waals surface area contributed by atoms with Crippen molar-refractivity contribution in [3.05, 3.63) is 30.1 Å². The Balaban J connectivity index is 2.09. The smallest absolute Gasteiger partial charge is 0.171 e. The molecule has 0 aliphatic rings. The lowest BCUT2D eigenvalue weighted by molar-refractivity contribution is -0.671. The first-order chi connectivity index (χ1) is 7.68. The average molecular weight is 238 g/mol. The maximum absolute atomic E-state index is 7.07. The van der Waals surface area contributed by atoms with Gasteiger partial charge in [-0.25, -0.2) is 4.57 Å². The van der Waals surface area contributed by atoms with Crippen molar-refractivity contribution in [2.75, 3.05) is 5.75 Å². The lowest BCUT2D eigenvalue weighted by Crippen LogP contribution is -2.26. The lowest BCUT2D eigenvalue weighted by atomic mass is 10.1. The number of hydrogen-bond donors (Lipinski definition) is 2. The first kappa shape index (κ1) is 13.0. The summed E-state index contributed by atoms with van der Waals surface area (Å²) >= 11 is 1.44. The molecule has 0 saturated heterocycles. The Labute approximate surface area is 102 Å². The van der Waals surface area contributed by atoms with Gasteiger partial charge in [0.05, 0.1) is 0 Å². The van der Waals surface area contributed by atoms with Gasteiger partial charge in [0.25, 0.3) is 0 Å². The fraction of sp³-hybridized carbons (Fsp3) is 0.500. The highest BCUT2D eigenvalue weighted by atomic mass is 32.2. The van der Waals surface area contributed by atoms with Crippen molar-refractivity contribution in [1.29, 1.82) is 5.41 Å². The van der Waals surface area contributed by atoms with Crippen molar-refractivity contribution < 1.29 is 4.57 Å². The van der Waals surface area contributed by atoms with E-state index in [1.807, 2.05) is 13.2 Å². The lowest BCUT2D eigenvalue weighted by Gasteiger charge is -2.00. The minimum Gasteiger partial charge on any atom is -0.379 e. The molecule has 0 saturated carbocycles. The molecule has 3 nitrogen and oxygen atoms in total. The fourth-order valence-corrected chi connectivity index (χ4v) is 2.16. The monoisotopic (exact) mass is 238 g/mol. The summed E-state index contributed by atoms with van der Waals surface area (Å²) in [6.07, 6.45) is 8.92. The van der Waals surface area contributed by atoms with Crippen molar-refractivity contribution in [2.24, 2.45) is 12.8 Å². The van der Waals surface area contributed by atoms with Crippen LogP contribution >= 0.6 is 11.8 Å². The quantitative estimate of drug-likeness (QED) is 0.344. The number of thioether (sulfide) groups is 1. The number of hydrogen-bond acceptors (Lipinski definition) is 2. The number of rotatable bonds is 6. The summed E-state index contributed by atoms with van der Waals surface area (Å²) in [5.41, 5.74) is 6.65. The summed E-state index contributed by atoms with van der Waals surface area (Å²) in [5.74, 6) is 0.970. The van der Waals surface area contributed by atoms with Crippen molar-refractivity contribution in [3.63, 3.8) is 0 Å². The molecule has 1 heterocycles. The first-order valence-corrected chi connectivity index (χ1v) is 6.58. The van der Waals surface area contributed by atoms with Crippen molar-refractivity contribution >= 4 is 16.9 Å². The molecular weight excluding hydrogens is 218 g/mol. The Morgan fingerprint density at radius 1 is 1.44 bits per heavy atom. The number of aromatic nitrogens is 1. The van der Waals surface area contributed by atoms with E-state index in [9.17, 15) is 0 Å². The molecule has 0 aliphatic heterocycles. The second-order valence-corrected chi connectivity index (χ2v) is 5.04. The van der Waals surface area contributed by atoms with Gasteiger partial charge in [0.1, 0.15) is 7.05 Å². The fourth-order valence-electron chi connectivity index (χ4n) is 1.59. The van der Waals surface area contributed by atoms with Gasteiger partial charge in [0, 0.05) is 17.4 Å². The predicted octanol–water partition coefficient (Wildman–Crippen LogP) is 1.85. The molecule has 0 atom stereocenters. The van der Waals surface area contributed by atoms with Crippen molar-refractivity contribution in [2.45, 2.75) is 25.7 Å². The molecule has 0 aromatic carbocycles. The van der Waals surface area contributed by atoms with Gasteiger partial charge in [-0.15, -0.1) is 0 Å². The molecule has 3 N–H and O–H groups in total. The van der Waals surface area contributed by atoms with Crippen LogP contribution in [0.5, 0.6) is 0 Å². The highest BCUT2D eigenvalue weighted by Crippen LogP contribution is 2.08. The molecule has 0 fully saturated rings. The van der Waals surface area contributed by atoms with E-state index in [2.05, 4.69) is 22.9 Å². The standard InChI is InChI=1S/C12H20N3S/c1-15-8-5-7-11(10-15)6-3-2-4-9-16-12(13)14/h5,7-8,10H,2-4,6,9H2,1H3,(H3,13,14)/q+1. The number of pyridine rings is 1. The van der Waals surface area contributed by atoms with Crippen LogP contribution in [0.1, 0.15) is 24.8 Å². The van der Waals surface area contributed by atoms with Crippen LogP contribution in [0.4, 0.5) is 0 Å². The number of nitrogens with two attached hydrogens (primary N) is 1. The molecule has 4 heteroatoms. The molecule has 16 heavy (non-hydrogen) atoms. The van der Waals surface area contributed by atoms with Gasteiger partial charge in [-0.1, -0.05) is 18.2 Å². The first-order valence-electron chi connectivity index (χ1n) is 5.59. The van der Waals surface area contributed by atoms with Crippen LogP contribution in [0.3, 0.4) is 0 Å². The summed E-state index contributed by atoms with van der Waals surface area (Å²) in [6, 6.07) is 4.26. The number of unbranched alkanes of at least 4 members (excludes halogenated alkanes) is 2. The Morgan fingerprint density at radius 3 is 2.94 bits per heavy atom. The van der Waals surface area contributed by atoms with Gasteiger partial charge in [-0.2, -0.15) is 0 Å². The number of amidine groups is 1. The third kappa shape index (κ3) is 5.75. The molecular formula is C12H20N3S+. The Morgan fingerprint density at radius 2 is 2.25 bits per heavy atom. The van der Waals surface area contributed by atoms with E-state index in [4.69, 9.17) is 11.1 Å². The van der Waals surface area contributed by atoms with E-state index in [0.29, 0.717) is 0 Å². The largest absolute Gasteiger partial charge is 0.379 e. The molecule has 1 aromatic rings. The second kappa shape index (κ2) is 7.28. The molecule has 0 bridgehead atoms. The summed E-state index contributed by atoms with van der Waals surface area (Å²) in [4.78, 5) is 0. The minimum atomic E-state index is 0.232.